The first-order chi connectivity index (χ1) is 9.59. The van der Waals surface area contributed by atoms with E-state index in [0.29, 0.717) is 5.56 Å². The molecule has 3 N–H and O–H groups in total. The van der Waals surface area contributed by atoms with E-state index >= 15 is 0 Å². The molecule has 0 fully saturated rings. The van der Waals surface area contributed by atoms with Crippen molar-refractivity contribution in [1.29, 1.82) is 0 Å². The van der Waals surface area contributed by atoms with Crippen molar-refractivity contribution in [3.8, 4) is 11.1 Å². The summed E-state index contributed by atoms with van der Waals surface area (Å²) in [4.78, 5) is 12.2. The molecular formula is C15H17NO4. The third-order valence-electron chi connectivity index (χ3n) is 3.07. The Hall–Kier alpha value is -2.11. The predicted molar refractivity (Wildman–Crippen MR) is 74.2 cm³/mol. The van der Waals surface area contributed by atoms with Gasteiger partial charge in [0.1, 0.15) is 0 Å². The number of nitrogens with one attached hydrogen (secondary N) is 1. The standard InChI is InChI=1S/C15H17NO4/c1-15(9-17,10-18)16-14(19)13-12(7-8-20-13)11-5-3-2-4-6-11/h2-8,17-18H,9-10H2,1H3,(H,16,19). The molecule has 0 aliphatic heterocycles. The number of aliphatic hydroxyl groups excluding tert-OH is 2. The van der Waals surface area contributed by atoms with Crippen LogP contribution in [-0.2, 0) is 0 Å². The van der Waals surface area contributed by atoms with Crippen LogP contribution in [0, 0.1) is 0 Å². The van der Waals surface area contributed by atoms with E-state index in [2.05, 4.69) is 5.32 Å². The molecule has 0 saturated carbocycles. The largest absolute Gasteiger partial charge is 0.459 e. The lowest BCUT2D eigenvalue weighted by Crippen LogP contribution is -2.51. The van der Waals surface area contributed by atoms with Crippen LogP contribution in [0.2, 0.25) is 0 Å². The highest BCUT2D eigenvalue weighted by molar-refractivity contribution is 5.98. The van der Waals surface area contributed by atoms with Crippen LogP contribution in [-0.4, -0.2) is 34.9 Å². The average Bonchev–Trinajstić information content (AvgIpc) is 2.97. The van der Waals surface area contributed by atoms with Gasteiger partial charge in [0.15, 0.2) is 5.76 Å². The number of hydrogen-bond acceptors (Lipinski definition) is 4. The monoisotopic (exact) mass is 275 g/mol. The lowest BCUT2D eigenvalue weighted by molar-refractivity contribution is 0.0701. The molecule has 1 amide bonds. The van der Waals surface area contributed by atoms with E-state index in [9.17, 15) is 15.0 Å². The summed E-state index contributed by atoms with van der Waals surface area (Å²) in [6.07, 6.45) is 1.44. The molecule has 106 valence electrons. The van der Waals surface area contributed by atoms with Crippen LogP contribution in [0.5, 0.6) is 0 Å². The van der Waals surface area contributed by atoms with Gasteiger partial charge in [0, 0.05) is 5.56 Å². The van der Waals surface area contributed by atoms with Crippen molar-refractivity contribution in [3.05, 3.63) is 48.4 Å². The zero-order chi connectivity index (χ0) is 14.6. The van der Waals surface area contributed by atoms with Gasteiger partial charge in [0.25, 0.3) is 5.91 Å². The zero-order valence-corrected chi connectivity index (χ0v) is 11.2. The molecule has 0 bridgehead atoms. The maximum Gasteiger partial charge on any atom is 0.288 e. The Labute approximate surface area is 116 Å². The fourth-order valence-corrected chi connectivity index (χ4v) is 1.79. The minimum absolute atomic E-state index is 0.157. The van der Waals surface area contributed by atoms with Gasteiger partial charge in [0.05, 0.1) is 25.0 Å². The summed E-state index contributed by atoms with van der Waals surface area (Å²) in [5.41, 5.74) is 0.445. The van der Waals surface area contributed by atoms with Crippen molar-refractivity contribution >= 4 is 5.91 Å². The number of carbonyl (C=O) groups is 1. The minimum atomic E-state index is -1.09. The van der Waals surface area contributed by atoms with Gasteiger partial charge in [-0.05, 0) is 18.6 Å². The van der Waals surface area contributed by atoms with Gasteiger partial charge in [0.2, 0.25) is 0 Å². The number of carbonyl (C=O) groups excluding carboxylic acids is 1. The predicted octanol–water partition coefficient (Wildman–Crippen LogP) is 1.42. The SMILES string of the molecule is CC(CO)(CO)NC(=O)c1occc1-c1ccccc1. The molecule has 0 aliphatic carbocycles. The molecular weight excluding hydrogens is 258 g/mol. The number of benzene rings is 1. The van der Waals surface area contributed by atoms with E-state index in [0.717, 1.165) is 5.56 Å². The van der Waals surface area contributed by atoms with Crippen molar-refractivity contribution in [1.82, 2.24) is 5.32 Å². The summed E-state index contributed by atoms with van der Waals surface area (Å²) in [5, 5.41) is 21.0. The highest BCUT2D eigenvalue weighted by Crippen LogP contribution is 2.25. The van der Waals surface area contributed by atoms with Crippen LogP contribution in [0.4, 0.5) is 0 Å². The van der Waals surface area contributed by atoms with E-state index in [1.54, 1.807) is 13.0 Å². The van der Waals surface area contributed by atoms with E-state index in [-0.39, 0.29) is 19.0 Å². The second-order valence-corrected chi connectivity index (χ2v) is 4.86. The topological polar surface area (TPSA) is 82.7 Å². The van der Waals surface area contributed by atoms with E-state index in [1.165, 1.54) is 6.26 Å². The second kappa shape index (κ2) is 5.90. The first kappa shape index (κ1) is 14.3. The Morgan fingerprint density at radius 3 is 2.45 bits per heavy atom. The van der Waals surface area contributed by atoms with Crippen molar-refractivity contribution in [2.24, 2.45) is 0 Å². The Kier molecular flexibility index (Phi) is 4.22. The van der Waals surface area contributed by atoms with E-state index < -0.39 is 11.4 Å². The quantitative estimate of drug-likeness (QED) is 0.770. The molecule has 20 heavy (non-hydrogen) atoms. The number of furan rings is 1. The second-order valence-electron chi connectivity index (χ2n) is 4.86. The molecule has 0 spiro atoms. The highest BCUT2D eigenvalue weighted by Gasteiger charge is 2.27. The molecule has 5 nitrogen and oxygen atoms in total. The maximum atomic E-state index is 12.2. The Balaban J connectivity index is 2.27. The molecule has 0 atom stereocenters. The van der Waals surface area contributed by atoms with Crippen molar-refractivity contribution < 1.29 is 19.4 Å². The molecule has 0 saturated heterocycles. The summed E-state index contributed by atoms with van der Waals surface area (Å²) in [6, 6.07) is 11.1. The number of hydrogen-bond donors (Lipinski definition) is 3. The molecule has 2 rings (SSSR count). The van der Waals surface area contributed by atoms with Crippen molar-refractivity contribution in [2.45, 2.75) is 12.5 Å². The number of rotatable bonds is 5. The fourth-order valence-electron chi connectivity index (χ4n) is 1.79. The molecule has 1 heterocycles. The fraction of sp³-hybridized carbons (Fsp3) is 0.267. The van der Waals surface area contributed by atoms with Gasteiger partial charge in [-0.25, -0.2) is 0 Å². The van der Waals surface area contributed by atoms with Crippen LogP contribution < -0.4 is 5.32 Å². The summed E-state index contributed by atoms with van der Waals surface area (Å²) >= 11 is 0. The maximum absolute atomic E-state index is 12.2. The zero-order valence-electron chi connectivity index (χ0n) is 11.2. The molecule has 1 aromatic carbocycles. The summed E-state index contributed by atoms with van der Waals surface area (Å²) in [5.74, 6) is -0.316. The lowest BCUT2D eigenvalue weighted by Gasteiger charge is -2.25. The average molecular weight is 275 g/mol. The highest BCUT2D eigenvalue weighted by atomic mass is 16.3. The van der Waals surface area contributed by atoms with Crippen LogP contribution >= 0.6 is 0 Å². The molecule has 0 unspecified atom stereocenters. The van der Waals surface area contributed by atoms with Crippen LogP contribution in [0.3, 0.4) is 0 Å². The number of aliphatic hydroxyl groups is 2. The normalized spacial score (nSPS) is 11.3. The van der Waals surface area contributed by atoms with Gasteiger partial charge in [-0.2, -0.15) is 0 Å². The van der Waals surface area contributed by atoms with Gasteiger partial charge >= 0.3 is 0 Å². The number of amides is 1. The Morgan fingerprint density at radius 1 is 1.20 bits per heavy atom. The van der Waals surface area contributed by atoms with Crippen LogP contribution in [0.15, 0.2) is 47.1 Å². The smallest absolute Gasteiger partial charge is 0.288 e. The summed E-state index contributed by atoms with van der Waals surface area (Å²) in [7, 11) is 0. The van der Waals surface area contributed by atoms with E-state index in [4.69, 9.17) is 4.42 Å². The molecule has 0 radical (unpaired) electrons. The molecule has 0 aliphatic rings. The minimum Gasteiger partial charge on any atom is -0.459 e. The van der Waals surface area contributed by atoms with Gasteiger partial charge in [-0.3, -0.25) is 4.79 Å². The van der Waals surface area contributed by atoms with Crippen molar-refractivity contribution in [2.75, 3.05) is 13.2 Å². The first-order valence-corrected chi connectivity index (χ1v) is 6.27. The van der Waals surface area contributed by atoms with E-state index in [1.807, 2.05) is 30.3 Å². The summed E-state index contributed by atoms with van der Waals surface area (Å²) in [6.45, 7) is 0.823. The lowest BCUT2D eigenvalue weighted by atomic mass is 10.0. The first-order valence-electron chi connectivity index (χ1n) is 6.27. The third kappa shape index (κ3) is 2.89. The summed E-state index contributed by atoms with van der Waals surface area (Å²) < 4.78 is 5.24. The van der Waals surface area contributed by atoms with Crippen LogP contribution in [0.25, 0.3) is 11.1 Å². The Morgan fingerprint density at radius 2 is 1.85 bits per heavy atom. The van der Waals surface area contributed by atoms with Crippen molar-refractivity contribution in [3.63, 3.8) is 0 Å². The molecule has 5 heteroatoms. The Bertz CT molecular complexity index is 573. The molecule has 2 aromatic rings. The van der Waals surface area contributed by atoms with Gasteiger partial charge in [-0.1, -0.05) is 30.3 Å². The third-order valence-corrected chi connectivity index (χ3v) is 3.07. The van der Waals surface area contributed by atoms with Gasteiger partial charge in [-0.15, -0.1) is 0 Å². The van der Waals surface area contributed by atoms with Gasteiger partial charge < -0.3 is 19.9 Å². The molecule has 1 aromatic heterocycles. The van der Waals surface area contributed by atoms with Crippen LogP contribution in [0.1, 0.15) is 17.5 Å².